The molecule has 0 aliphatic rings. The fourth-order valence-corrected chi connectivity index (χ4v) is 1.48. The van der Waals surface area contributed by atoms with E-state index in [4.69, 9.17) is 0 Å². The Morgan fingerprint density at radius 2 is 2.33 bits per heavy atom. The molecule has 0 radical (unpaired) electrons. The molecule has 1 aromatic carbocycles. The summed E-state index contributed by atoms with van der Waals surface area (Å²) in [5, 5.41) is 6.33. The molecule has 5 nitrogen and oxygen atoms in total. The van der Waals surface area contributed by atoms with Crippen LogP contribution in [0.4, 0.5) is 4.39 Å². The zero-order valence-electron chi connectivity index (χ0n) is 9.81. The molecule has 0 aliphatic carbocycles. The first kappa shape index (κ1) is 12.2. The molecule has 1 amide bonds. The summed E-state index contributed by atoms with van der Waals surface area (Å²) in [6.45, 7) is 2.01. The largest absolute Gasteiger partial charge is 0.352 e. The summed E-state index contributed by atoms with van der Waals surface area (Å²) in [6, 6.07) is 4.24. The smallest absolute Gasteiger partial charge is 0.251 e. The minimum Gasteiger partial charge on any atom is -0.352 e. The monoisotopic (exact) mass is 249 g/mol. The number of carbonyl (C=O) groups excluding carboxylic acids is 1. The second-order valence-electron chi connectivity index (χ2n) is 3.82. The van der Waals surface area contributed by atoms with E-state index in [1.165, 1.54) is 24.6 Å². The molecule has 1 heterocycles. The van der Waals surface area contributed by atoms with E-state index < -0.39 is 0 Å². The van der Waals surface area contributed by atoms with Gasteiger partial charge in [-0.2, -0.15) is 4.98 Å². The average Bonchev–Trinajstić information content (AvgIpc) is 2.85. The van der Waals surface area contributed by atoms with Crippen LogP contribution < -0.4 is 5.32 Å². The van der Waals surface area contributed by atoms with Crippen LogP contribution >= 0.6 is 0 Å². The molecule has 0 fully saturated rings. The third kappa shape index (κ3) is 2.91. The van der Waals surface area contributed by atoms with Gasteiger partial charge >= 0.3 is 0 Å². The summed E-state index contributed by atoms with van der Waals surface area (Å²) in [5.41, 5.74) is 0.878. The third-order valence-corrected chi connectivity index (χ3v) is 2.46. The van der Waals surface area contributed by atoms with E-state index in [9.17, 15) is 9.18 Å². The first-order valence-electron chi connectivity index (χ1n) is 5.46. The Labute approximate surface area is 103 Å². The van der Waals surface area contributed by atoms with Gasteiger partial charge in [0, 0.05) is 18.5 Å². The molecule has 0 atom stereocenters. The number of rotatable bonds is 4. The zero-order chi connectivity index (χ0) is 13.0. The summed E-state index contributed by atoms with van der Waals surface area (Å²) in [6.07, 6.45) is 1.73. The Kier molecular flexibility index (Phi) is 3.66. The number of halogens is 1. The van der Waals surface area contributed by atoms with E-state index in [0.717, 1.165) is 0 Å². The molecule has 0 saturated carbocycles. The topological polar surface area (TPSA) is 68.0 Å². The van der Waals surface area contributed by atoms with Crippen molar-refractivity contribution in [2.75, 3.05) is 6.54 Å². The molecule has 1 aromatic heterocycles. The molecular formula is C12H12FN3O2. The van der Waals surface area contributed by atoms with Crippen LogP contribution in [0.3, 0.4) is 0 Å². The molecule has 2 rings (SSSR count). The van der Waals surface area contributed by atoms with E-state index in [2.05, 4.69) is 20.0 Å². The van der Waals surface area contributed by atoms with Crippen LogP contribution in [0, 0.1) is 12.7 Å². The van der Waals surface area contributed by atoms with Crippen molar-refractivity contribution in [3.63, 3.8) is 0 Å². The molecule has 6 heteroatoms. The van der Waals surface area contributed by atoms with Crippen LogP contribution in [0.2, 0.25) is 0 Å². The van der Waals surface area contributed by atoms with E-state index in [1.807, 2.05) is 0 Å². The lowest BCUT2D eigenvalue weighted by Crippen LogP contribution is -2.26. The number of nitrogens with one attached hydrogen (secondary N) is 1. The molecular weight excluding hydrogens is 237 g/mol. The minimum atomic E-state index is -0.321. The van der Waals surface area contributed by atoms with Gasteiger partial charge < -0.3 is 9.84 Å². The number of aromatic nitrogens is 2. The van der Waals surface area contributed by atoms with Gasteiger partial charge in [0.15, 0.2) is 5.82 Å². The highest BCUT2D eigenvalue weighted by atomic mass is 19.1. The summed E-state index contributed by atoms with van der Waals surface area (Å²) in [4.78, 5) is 15.6. The van der Waals surface area contributed by atoms with Crippen molar-refractivity contribution in [2.24, 2.45) is 0 Å². The van der Waals surface area contributed by atoms with Gasteiger partial charge in [-0.1, -0.05) is 5.16 Å². The maximum atomic E-state index is 13.0. The van der Waals surface area contributed by atoms with Gasteiger partial charge in [0.1, 0.15) is 5.82 Å². The highest BCUT2D eigenvalue weighted by Crippen LogP contribution is 2.08. The Morgan fingerprint density at radius 3 is 3.00 bits per heavy atom. The first-order valence-corrected chi connectivity index (χ1v) is 5.46. The second kappa shape index (κ2) is 5.39. The Hall–Kier alpha value is -2.24. The van der Waals surface area contributed by atoms with Crippen molar-refractivity contribution < 1.29 is 13.7 Å². The molecule has 2 aromatic rings. The molecule has 94 valence electrons. The van der Waals surface area contributed by atoms with Crippen LogP contribution in [0.5, 0.6) is 0 Å². The third-order valence-electron chi connectivity index (χ3n) is 2.46. The van der Waals surface area contributed by atoms with Crippen molar-refractivity contribution >= 4 is 5.91 Å². The predicted molar refractivity (Wildman–Crippen MR) is 61.5 cm³/mol. The lowest BCUT2D eigenvalue weighted by molar-refractivity contribution is 0.0953. The van der Waals surface area contributed by atoms with Gasteiger partial charge in [-0.25, -0.2) is 4.39 Å². The maximum absolute atomic E-state index is 13.0. The number of aryl methyl sites for hydroxylation is 1. The molecule has 0 aliphatic heterocycles. The van der Waals surface area contributed by atoms with Crippen molar-refractivity contribution in [2.45, 2.75) is 13.3 Å². The van der Waals surface area contributed by atoms with Gasteiger partial charge in [-0.15, -0.1) is 0 Å². The lowest BCUT2D eigenvalue weighted by Gasteiger charge is -2.04. The summed E-state index contributed by atoms with van der Waals surface area (Å²) in [5.74, 6) is -0.0365. The summed E-state index contributed by atoms with van der Waals surface area (Å²) in [7, 11) is 0. The quantitative estimate of drug-likeness (QED) is 0.891. The number of benzene rings is 1. The highest BCUT2D eigenvalue weighted by molar-refractivity contribution is 5.94. The van der Waals surface area contributed by atoms with E-state index >= 15 is 0 Å². The molecule has 0 spiro atoms. The molecule has 1 N–H and O–H groups in total. The number of carbonyl (C=O) groups is 1. The Morgan fingerprint density at radius 1 is 1.50 bits per heavy atom. The van der Waals surface area contributed by atoms with Crippen LogP contribution in [0.15, 0.2) is 29.1 Å². The normalized spacial score (nSPS) is 10.3. The molecule has 0 unspecified atom stereocenters. The Balaban J connectivity index is 1.89. The number of amides is 1. The molecule has 0 bridgehead atoms. The van der Waals surface area contributed by atoms with E-state index in [1.54, 1.807) is 6.92 Å². The van der Waals surface area contributed by atoms with Crippen LogP contribution in [0.25, 0.3) is 0 Å². The van der Waals surface area contributed by atoms with Gasteiger partial charge in [0.2, 0.25) is 6.39 Å². The summed E-state index contributed by atoms with van der Waals surface area (Å²) < 4.78 is 17.6. The van der Waals surface area contributed by atoms with Crippen LogP contribution in [-0.2, 0) is 6.42 Å². The molecule has 18 heavy (non-hydrogen) atoms. The fourth-order valence-electron chi connectivity index (χ4n) is 1.48. The standard InChI is InChI=1S/C12H12FN3O2/c1-8-6-9(2-3-10(8)13)12(17)14-5-4-11-15-7-18-16-11/h2-3,6-7H,4-5H2,1H3,(H,14,17). The lowest BCUT2D eigenvalue weighted by atomic mass is 10.1. The minimum absolute atomic E-state index is 0.249. The zero-order valence-corrected chi connectivity index (χ0v) is 9.81. The van der Waals surface area contributed by atoms with Gasteiger partial charge in [0.25, 0.3) is 5.91 Å². The summed E-state index contributed by atoms with van der Waals surface area (Å²) >= 11 is 0. The first-order chi connectivity index (χ1) is 8.66. The van der Waals surface area contributed by atoms with Gasteiger partial charge in [0.05, 0.1) is 0 Å². The highest BCUT2D eigenvalue weighted by Gasteiger charge is 2.07. The van der Waals surface area contributed by atoms with Crippen molar-refractivity contribution in [1.82, 2.24) is 15.5 Å². The van der Waals surface area contributed by atoms with Gasteiger partial charge in [-0.3, -0.25) is 4.79 Å². The number of hydrogen-bond acceptors (Lipinski definition) is 4. The van der Waals surface area contributed by atoms with Crippen molar-refractivity contribution in [1.29, 1.82) is 0 Å². The number of hydrogen-bond donors (Lipinski definition) is 1. The van der Waals surface area contributed by atoms with Crippen LogP contribution in [-0.4, -0.2) is 22.6 Å². The predicted octanol–water partition coefficient (Wildman–Crippen LogP) is 1.49. The SMILES string of the molecule is Cc1cc(C(=O)NCCc2ncon2)ccc1F. The van der Waals surface area contributed by atoms with Crippen molar-refractivity contribution in [3.05, 3.63) is 47.4 Å². The second-order valence-corrected chi connectivity index (χ2v) is 3.82. The fraction of sp³-hybridized carbons (Fsp3) is 0.250. The molecule has 0 saturated heterocycles. The van der Waals surface area contributed by atoms with Crippen molar-refractivity contribution in [3.8, 4) is 0 Å². The Bertz CT molecular complexity index is 540. The van der Waals surface area contributed by atoms with E-state index in [-0.39, 0.29) is 11.7 Å². The maximum Gasteiger partial charge on any atom is 0.251 e. The van der Waals surface area contributed by atoms with Crippen LogP contribution in [0.1, 0.15) is 21.7 Å². The van der Waals surface area contributed by atoms with Gasteiger partial charge in [-0.05, 0) is 30.7 Å². The average molecular weight is 249 g/mol. The number of nitrogens with zero attached hydrogens (tertiary/aromatic N) is 2. The van der Waals surface area contributed by atoms with E-state index in [0.29, 0.717) is 29.9 Å².